The summed E-state index contributed by atoms with van der Waals surface area (Å²) in [6, 6.07) is 11.5. The predicted molar refractivity (Wildman–Crippen MR) is 125 cm³/mol. The molecule has 174 valence electrons. The molecule has 1 atom stereocenters. The second-order valence-corrected chi connectivity index (χ2v) is 7.75. The van der Waals surface area contributed by atoms with E-state index >= 15 is 0 Å². The van der Waals surface area contributed by atoms with E-state index in [0.717, 1.165) is 41.9 Å². The first-order chi connectivity index (χ1) is 16.0. The SMILES string of the molecule is CCCCn1nc(-c2cccnc2)cc1CNC(=O)[C@H](Cc1ccc(O)cc1)NC(=O)CN. The average molecular weight is 451 g/mol. The maximum absolute atomic E-state index is 13.0. The third-order valence-electron chi connectivity index (χ3n) is 5.20. The van der Waals surface area contributed by atoms with Crippen molar-refractivity contribution in [3.8, 4) is 17.0 Å². The second kappa shape index (κ2) is 11.8. The summed E-state index contributed by atoms with van der Waals surface area (Å²) >= 11 is 0. The van der Waals surface area contributed by atoms with Gasteiger partial charge in [-0.3, -0.25) is 19.3 Å². The zero-order chi connectivity index (χ0) is 23.6. The number of carbonyl (C=O) groups is 2. The Kier molecular flexibility index (Phi) is 8.54. The summed E-state index contributed by atoms with van der Waals surface area (Å²) in [6.45, 7) is 2.90. The molecule has 0 aliphatic heterocycles. The van der Waals surface area contributed by atoms with Gasteiger partial charge in [-0.25, -0.2) is 0 Å². The number of unbranched alkanes of at least 4 members (excludes halogenated alkanes) is 1. The van der Waals surface area contributed by atoms with Gasteiger partial charge in [0.15, 0.2) is 0 Å². The minimum absolute atomic E-state index is 0.135. The van der Waals surface area contributed by atoms with Gasteiger partial charge in [0.1, 0.15) is 11.8 Å². The fourth-order valence-corrected chi connectivity index (χ4v) is 3.39. The fourth-order valence-electron chi connectivity index (χ4n) is 3.39. The highest BCUT2D eigenvalue weighted by Gasteiger charge is 2.21. The molecule has 0 saturated heterocycles. The van der Waals surface area contributed by atoms with Gasteiger partial charge in [-0.2, -0.15) is 5.10 Å². The van der Waals surface area contributed by atoms with Crippen LogP contribution in [0.5, 0.6) is 5.75 Å². The largest absolute Gasteiger partial charge is 0.508 e. The number of aromatic hydroxyl groups is 1. The van der Waals surface area contributed by atoms with E-state index in [1.807, 2.05) is 22.9 Å². The number of benzene rings is 1. The molecule has 0 fully saturated rings. The first-order valence-electron chi connectivity index (χ1n) is 11.0. The van der Waals surface area contributed by atoms with Gasteiger partial charge >= 0.3 is 0 Å². The first kappa shape index (κ1) is 23.9. The molecule has 2 amide bonds. The molecule has 0 aliphatic carbocycles. The Bertz CT molecular complexity index is 1050. The number of aromatic nitrogens is 3. The minimum atomic E-state index is -0.796. The summed E-state index contributed by atoms with van der Waals surface area (Å²) in [4.78, 5) is 29.0. The molecule has 3 rings (SSSR count). The third kappa shape index (κ3) is 6.88. The van der Waals surface area contributed by atoms with Crippen LogP contribution in [-0.2, 0) is 29.1 Å². The number of pyridine rings is 1. The van der Waals surface area contributed by atoms with Crippen molar-refractivity contribution in [1.82, 2.24) is 25.4 Å². The molecule has 5 N–H and O–H groups in total. The van der Waals surface area contributed by atoms with E-state index in [9.17, 15) is 14.7 Å². The van der Waals surface area contributed by atoms with Crippen molar-refractivity contribution in [2.24, 2.45) is 5.73 Å². The van der Waals surface area contributed by atoms with Crippen molar-refractivity contribution in [3.05, 3.63) is 66.1 Å². The van der Waals surface area contributed by atoms with Crippen LogP contribution in [-0.4, -0.2) is 44.3 Å². The third-order valence-corrected chi connectivity index (χ3v) is 5.20. The van der Waals surface area contributed by atoms with Crippen molar-refractivity contribution in [2.75, 3.05) is 6.54 Å². The Balaban J connectivity index is 1.74. The van der Waals surface area contributed by atoms with Crippen LogP contribution in [0.1, 0.15) is 31.0 Å². The second-order valence-electron chi connectivity index (χ2n) is 7.75. The number of phenolic OH excluding ortho intramolecular Hbond substituents is 1. The highest BCUT2D eigenvalue weighted by atomic mass is 16.3. The number of aryl methyl sites for hydroxylation is 1. The molecule has 0 radical (unpaired) electrons. The topological polar surface area (TPSA) is 135 Å². The summed E-state index contributed by atoms with van der Waals surface area (Å²) in [5.74, 6) is -0.604. The van der Waals surface area contributed by atoms with Gasteiger partial charge in [0.05, 0.1) is 24.5 Å². The molecule has 0 bridgehead atoms. The smallest absolute Gasteiger partial charge is 0.243 e. The number of nitrogens with two attached hydrogens (primary N) is 1. The predicted octanol–water partition coefficient (Wildman–Crippen LogP) is 1.75. The average Bonchev–Trinajstić information content (AvgIpc) is 3.25. The Labute approximate surface area is 193 Å². The molecule has 9 heteroatoms. The van der Waals surface area contributed by atoms with Gasteiger partial charge in [-0.05, 0) is 42.3 Å². The fraction of sp³-hybridized carbons (Fsp3) is 0.333. The number of nitrogens with zero attached hydrogens (tertiary/aromatic N) is 3. The molecule has 3 aromatic rings. The zero-order valence-corrected chi connectivity index (χ0v) is 18.7. The molecule has 0 unspecified atom stereocenters. The number of amides is 2. The standard InChI is InChI=1S/C24H30N6O3/c1-2-3-11-30-19(13-21(29-30)18-5-4-10-26-15-18)16-27-24(33)22(28-23(32)14-25)12-17-6-8-20(31)9-7-17/h4-10,13,15,22,31H,2-3,11-12,14,16,25H2,1H3,(H,27,33)(H,28,32)/t22-/m0/s1. The summed E-state index contributed by atoms with van der Waals surface area (Å²) in [5, 5.41) is 19.8. The van der Waals surface area contributed by atoms with Gasteiger partial charge in [0.2, 0.25) is 11.8 Å². The Morgan fingerprint density at radius 3 is 2.67 bits per heavy atom. The quantitative estimate of drug-likeness (QED) is 0.352. The number of carbonyl (C=O) groups excluding carboxylic acids is 2. The molecule has 33 heavy (non-hydrogen) atoms. The lowest BCUT2D eigenvalue weighted by molar-refractivity contribution is -0.128. The molecule has 2 heterocycles. The maximum atomic E-state index is 13.0. The van der Waals surface area contributed by atoms with E-state index < -0.39 is 11.9 Å². The van der Waals surface area contributed by atoms with E-state index in [4.69, 9.17) is 10.8 Å². The van der Waals surface area contributed by atoms with Crippen molar-refractivity contribution in [2.45, 2.75) is 45.3 Å². The van der Waals surface area contributed by atoms with Crippen molar-refractivity contribution in [1.29, 1.82) is 0 Å². The Morgan fingerprint density at radius 2 is 2.00 bits per heavy atom. The Morgan fingerprint density at radius 1 is 1.21 bits per heavy atom. The highest BCUT2D eigenvalue weighted by molar-refractivity contribution is 5.88. The van der Waals surface area contributed by atoms with Crippen LogP contribution in [0.2, 0.25) is 0 Å². The van der Waals surface area contributed by atoms with E-state index in [2.05, 4.69) is 22.5 Å². The van der Waals surface area contributed by atoms with Crippen LogP contribution < -0.4 is 16.4 Å². The molecule has 0 spiro atoms. The van der Waals surface area contributed by atoms with E-state index in [1.54, 1.807) is 36.7 Å². The molecule has 1 aromatic carbocycles. The number of hydrogen-bond acceptors (Lipinski definition) is 6. The summed E-state index contributed by atoms with van der Waals surface area (Å²) in [5.41, 5.74) is 8.79. The lowest BCUT2D eigenvalue weighted by Gasteiger charge is -2.18. The highest BCUT2D eigenvalue weighted by Crippen LogP contribution is 2.19. The monoisotopic (exact) mass is 450 g/mol. The molecule has 0 aliphatic rings. The summed E-state index contributed by atoms with van der Waals surface area (Å²) < 4.78 is 1.90. The van der Waals surface area contributed by atoms with Crippen LogP contribution in [0.15, 0.2) is 54.9 Å². The van der Waals surface area contributed by atoms with Crippen LogP contribution in [0, 0.1) is 0 Å². The number of nitrogens with one attached hydrogen (secondary N) is 2. The van der Waals surface area contributed by atoms with Crippen LogP contribution >= 0.6 is 0 Å². The first-order valence-corrected chi connectivity index (χ1v) is 11.0. The van der Waals surface area contributed by atoms with Gasteiger partial charge in [0.25, 0.3) is 0 Å². The van der Waals surface area contributed by atoms with Crippen LogP contribution in [0.25, 0.3) is 11.3 Å². The maximum Gasteiger partial charge on any atom is 0.243 e. The normalized spacial score (nSPS) is 11.7. The molecular formula is C24H30N6O3. The van der Waals surface area contributed by atoms with E-state index in [0.29, 0.717) is 0 Å². The van der Waals surface area contributed by atoms with Gasteiger partial charge < -0.3 is 21.5 Å². The zero-order valence-electron chi connectivity index (χ0n) is 18.7. The molecular weight excluding hydrogens is 420 g/mol. The summed E-state index contributed by atoms with van der Waals surface area (Å²) in [6.07, 6.45) is 5.72. The molecule has 2 aromatic heterocycles. The van der Waals surface area contributed by atoms with Crippen molar-refractivity contribution < 1.29 is 14.7 Å². The van der Waals surface area contributed by atoms with Crippen molar-refractivity contribution in [3.63, 3.8) is 0 Å². The number of rotatable bonds is 11. The molecule has 9 nitrogen and oxygen atoms in total. The van der Waals surface area contributed by atoms with Crippen LogP contribution in [0.3, 0.4) is 0 Å². The Hall–Kier alpha value is -3.72. The molecule has 0 saturated carbocycles. The number of phenols is 1. The van der Waals surface area contributed by atoms with Crippen LogP contribution in [0.4, 0.5) is 0 Å². The van der Waals surface area contributed by atoms with Gasteiger partial charge in [-0.1, -0.05) is 25.5 Å². The number of hydrogen-bond donors (Lipinski definition) is 4. The van der Waals surface area contributed by atoms with E-state index in [-0.39, 0.29) is 31.2 Å². The van der Waals surface area contributed by atoms with E-state index in [1.165, 1.54) is 0 Å². The van der Waals surface area contributed by atoms with Gasteiger partial charge in [0, 0.05) is 30.9 Å². The lowest BCUT2D eigenvalue weighted by Crippen LogP contribution is -2.49. The van der Waals surface area contributed by atoms with Crippen molar-refractivity contribution >= 4 is 11.8 Å². The van der Waals surface area contributed by atoms with Gasteiger partial charge in [-0.15, -0.1) is 0 Å². The summed E-state index contributed by atoms with van der Waals surface area (Å²) in [7, 11) is 0. The minimum Gasteiger partial charge on any atom is -0.508 e. The lowest BCUT2D eigenvalue weighted by atomic mass is 10.0.